The van der Waals surface area contributed by atoms with E-state index in [4.69, 9.17) is 11.0 Å². The van der Waals surface area contributed by atoms with Gasteiger partial charge >= 0.3 is 0 Å². The standard InChI is InChI=1S/C23H21N2O/c1-13-9-16(4)25(6)20(10-13)22-14(2)7-8-17-18-12-19(24-5)15(3)11-21(18)26-23(17)22/h7-12H,1-4,6H3/q+1. The minimum Gasteiger partial charge on any atom is -0.455 e. The Morgan fingerprint density at radius 2 is 1.69 bits per heavy atom. The average Bonchev–Trinajstić information content (AvgIpc) is 2.94. The van der Waals surface area contributed by atoms with Gasteiger partial charge in [0.25, 0.3) is 0 Å². The van der Waals surface area contributed by atoms with Gasteiger partial charge in [-0.25, -0.2) is 4.85 Å². The van der Waals surface area contributed by atoms with Crippen molar-refractivity contribution in [3.8, 4) is 11.3 Å². The molecular weight excluding hydrogens is 320 g/mol. The van der Waals surface area contributed by atoms with E-state index in [0.717, 1.165) is 38.8 Å². The third-order valence-corrected chi connectivity index (χ3v) is 5.23. The van der Waals surface area contributed by atoms with E-state index < -0.39 is 0 Å². The predicted octanol–water partition coefficient (Wildman–Crippen LogP) is 5.86. The number of aryl methyl sites for hydroxylation is 4. The van der Waals surface area contributed by atoms with Crippen molar-refractivity contribution < 1.29 is 8.98 Å². The van der Waals surface area contributed by atoms with Crippen molar-refractivity contribution in [3.05, 3.63) is 70.2 Å². The van der Waals surface area contributed by atoms with Crippen LogP contribution in [0.15, 0.2) is 40.8 Å². The number of furan rings is 1. The molecule has 2 aromatic carbocycles. The van der Waals surface area contributed by atoms with Gasteiger partial charge in [-0.3, -0.25) is 0 Å². The first kappa shape index (κ1) is 16.4. The molecule has 2 aromatic heterocycles. The smallest absolute Gasteiger partial charge is 0.216 e. The van der Waals surface area contributed by atoms with E-state index in [2.05, 4.69) is 61.5 Å². The molecule has 4 rings (SSSR count). The Bertz CT molecular complexity index is 1240. The summed E-state index contributed by atoms with van der Waals surface area (Å²) in [5, 5.41) is 2.06. The monoisotopic (exact) mass is 341 g/mol. The van der Waals surface area contributed by atoms with Crippen LogP contribution in [0.4, 0.5) is 5.69 Å². The zero-order valence-electron chi connectivity index (χ0n) is 15.8. The quantitative estimate of drug-likeness (QED) is 0.314. The molecular formula is C23H21N2O+. The summed E-state index contributed by atoms with van der Waals surface area (Å²) in [4.78, 5) is 3.65. The van der Waals surface area contributed by atoms with Crippen molar-refractivity contribution in [1.29, 1.82) is 0 Å². The van der Waals surface area contributed by atoms with Crippen molar-refractivity contribution in [2.24, 2.45) is 7.05 Å². The summed E-state index contributed by atoms with van der Waals surface area (Å²) >= 11 is 0. The van der Waals surface area contributed by atoms with Gasteiger partial charge in [0.2, 0.25) is 5.69 Å². The molecule has 0 saturated carbocycles. The lowest BCUT2D eigenvalue weighted by molar-refractivity contribution is -0.666. The van der Waals surface area contributed by atoms with Gasteiger partial charge in [-0.2, -0.15) is 4.57 Å². The fourth-order valence-electron chi connectivity index (χ4n) is 3.72. The number of aromatic nitrogens is 1. The van der Waals surface area contributed by atoms with Gasteiger partial charge in [0.1, 0.15) is 18.2 Å². The summed E-state index contributed by atoms with van der Waals surface area (Å²) in [6.07, 6.45) is 0. The van der Waals surface area contributed by atoms with Crippen LogP contribution in [0.2, 0.25) is 0 Å². The van der Waals surface area contributed by atoms with Crippen LogP contribution in [0.25, 0.3) is 38.0 Å². The maximum absolute atomic E-state index is 7.40. The Kier molecular flexibility index (Phi) is 3.59. The van der Waals surface area contributed by atoms with Gasteiger partial charge in [-0.1, -0.05) is 12.1 Å². The molecule has 0 saturated heterocycles. The summed E-state index contributed by atoms with van der Waals surface area (Å²) < 4.78 is 8.52. The van der Waals surface area contributed by atoms with Gasteiger partial charge in [-0.05, 0) is 49.6 Å². The van der Waals surface area contributed by atoms with E-state index in [-0.39, 0.29) is 0 Å². The molecule has 0 aliphatic carbocycles. The largest absolute Gasteiger partial charge is 0.455 e. The Hall–Kier alpha value is -3.12. The number of pyridine rings is 1. The predicted molar refractivity (Wildman–Crippen MR) is 106 cm³/mol. The van der Waals surface area contributed by atoms with E-state index in [1.165, 1.54) is 16.8 Å². The van der Waals surface area contributed by atoms with Crippen LogP contribution in [-0.4, -0.2) is 0 Å². The first-order valence-electron chi connectivity index (χ1n) is 8.72. The molecule has 2 heterocycles. The number of nitrogens with zero attached hydrogens (tertiary/aromatic N) is 2. The van der Waals surface area contributed by atoms with E-state index in [0.29, 0.717) is 5.69 Å². The van der Waals surface area contributed by atoms with Crippen molar-refractivity contribution in [1.82, 2.24) is 0 Å². The minimum atomic E-state index is 0.680. The molecule has 0 spiro atoms. The molecule has 0 aliphatic heterocycles. The molecule has 3 nitrogen and oxygen atoms in total. The van der Waals surface area contributed by atoms with Crippen LogP contribution in [0.5, 0.6) is 0 Å². The number of hydrogen-bond acceptors (Lipinski definition) is 1. The third-order valence-electron chi connectivity index (χ3n) is 5.23. The van der Waals surface area contributed by atoms with Crippen LogP contribution in [0.3, 0.4) is 0 Å². The summed E-state index contributed by atoms with van der Waals surface area (Å²) in [7, 11) is 2.09. The number of fused-ring (bicyclic) bond motifs is 3. The fourth-order valence-corrected chi connectivity index (χ4v) is 3.72. The molecule has 0 atom stereocenters. The fraction of sp³-hybridized carbons (Fsp3) is 0.217. The maximum atomic E-state index is 7.40. The van der Waals surface area contributed by atoms with E-state index in [9.17, 15) is 0 Å². The van der Waals surface area contributed by atoms with Gasteiger partial charge in [0.15, 0.2) is 11.4 Å². The summed E-state index contributed by atoms with van der Waals surface area (Å²) in [5.41, 5.74) is 9.24. The lowest BCUT2D eigenvalue weighted by Gasteiger charge is -2.08. The lowest BCUT2D eigenvalue weighted by Crippen LogP contribution is -2.35. The van der Waals surface area contributed by atoms with Crippen LogP contribution in [0, 0.1) is 34.3 Å². The van der Waals surface area contributed by atoms with Crippen molar-refractivity contribution >= 4 is 27.6 Å². The highest BCUT2D eigenvalue weighted by Gasteiger charge is 2.22. The number of rotatable bonds is 1. The SMILES string of the molecule is [C-]#[N+]c1cc2c(cc1C)oc1c(-c3cc(C)cc(C)[n+]3C)c(C)ccc12. The first-order chi connectivity index (χ1) is 12.4. The minimum absolute atomic E-state index is 0.680. The van der Waals surface area contributed by atoms with Crippen molar-refractivity contribution in [2.75, 3.05) is 0 Å². The van der Waals surface area contributed by atoms with E-state index in [1.807, 2.05) is 19.1 Å². The van der Waals surface area contributed by atoms with Gasteiger partial charge in [0.05, 0.1) is 12.1 Å². The Balaban J connectivity index is 2.16. The normalized spacial score (nSPS) is 11.2. The highest BCUT2D eigenvalue weighted by molar-refractivity contribution is 6.10. The Labute approximate surface area is 153 Å². The number of benzene rings is 2. The van der Waals surface area contributed by atoms with E-state index in [1.54, 1.807) is 0 Å². The molecule has 0 N–H and O–H groups in total. The second kappa shape index (κ2) is 5.71. The molecule has 0 fully saturated rings. The highest BCUT2D eigenvalue weighted by atomic mass is 16.3. The average molecular weight is 341 g/mol. The van der Waals surface area contributed by atoms with Crippen LogP contribution in [-0.2, 0) is 7.05 Å². The topological polar surface area (TPSA) is 21.4 Å². The van der Waals surface area contributed by atoms with Crippen LogP contribution in [0.1, 0.15) is 22.4 Å². The van der Waals surface area contributed by atoms with Gasteiger partial charge < -0.3 is 4.42 Å². The van der Waals surface area contributed by atoms with E-state index >= 15 is 0 Å². The second-order valence-electron chi connectivity index (χ2n) is 7.10. The molecule has 0 bridgehead atoms. The van der Waals surface area contributed by atoms with Crippen molar-refractivity contribution in [2.45, 2.75) is 27.7 Å². The second-order valence-corrected chi connectivity index (χ2v) is 7.10. The molecule has 0 aliphatic rings. The third kappa shape index (κ3) is 2.30. The summed E-state index contributed by atoms with van der Waals surface area (Å²) in [5.74, 6) is 0. The molecule has 0 amide bonds. The van der Waals surface area contributed by atoms with Crippen LogP contribution >= 0.6 is 0 Å². The Morgan fingerprint density at radius 3 is 2.42 bits per heavy atom. The zero-order valence-corrected chi connectivity index (χ0v) is 15.8. The van der Waals surface area contributed by atoms with Crippen LogP contribution < -0.4 is 4.57 Å². The Morgan fingerprint density at radius 1 is 0.923 bits per heavy atom. The molecule has 3 heteroatoms. The van der Waals surface area contributed by atoms with Crippen molar-refractivity contribution in [3.63, 3.8) is 0 Å². The number of hydrogen-bond donors (Lipinski definition) is 0. The maximum Gasteiger partial charge on any atom is 0.216 e. The summed E-state index contributed by atoms with van der Waals surface area (Å²) in [6, 6.07) is 12.6. The molecule has 26 heavy (non-hydrogen) atoms. The molecule has 128 valence electrons. The molecule has 0 radical (unpaired) electrons. The lowest BCUT2D eigenvalue weighted by atomic mass is 9.99. The zero-order chi connectivity index (χ0) is 18.6. The van der Waals surface area contributed by atoms with Gasteiger partial charge in [-0.15, -0.1) is 0 Å². The molecule has 4 aromatic rings. The molecule has 0 unspecified atom stereocenters. The first-order valence-corrected chi connectivity index (χ1v) is 8.72. The highest BCUT2D eigenvalue weighted by Crippen LogP contribution is 2.39. The van der Waals surface area contributed by atoms with Gasteiger partial charge in [0, 0.05) is 29.8 Å². The summed E-state index contributed by atoms with van der Waals surface area (Å²) in [6.45, 7) is 15.7.